The molecule has 6 nitrogen and oxygen atoms in total. The average Bonchev–Trinajstić information content (AvgIpc) is 3.49. The first-order chi connectivity index (χ1) is 15.3. The highest BCUT2D eigenvalue weighted by Gasteiger charge is 2.26. The molecule has 0 unspecified atom stereocenters. The summed E-state index contributed by atoms with van der Waals surface area (Å²) in [7, 11) is 0. The van der Waals surface area contributed by atoms with Crippen LogP contribution in [0.15, 0.2) is 66.3 Å². The van der Waals surface area contributed by atoms with Crippen LogP contribution in [0.4, 0.5) is 5.82 Å². The molecule has 0 aliphatic carbocycles. The average molecular weight is 432 g/mol. The molecule has 7 heteroatoms. The summed E-state index contributed by atoms with van der Waals surface area (Å²) < 4.78 is 1.90. The maximum absolute atomic E-state index is 12.6. The largest absolute Gasteiger partial charge is 0.356 e. The Bertz CT molecular complexity index is 1150. The molecule has 31 heavy (non-hydrogen) atoms. The van der Waals surface area contributed by atoms with E-state index in [0.717, 1.165) is 54.3 Å². The van der Waals surface area contributed by atoms with Crippen LogP contribution in [0.1, 0.15) is 18.4 Å². The van der Waals surface area contributed by atoms with Crippen LogP contribution in [0.3, 0.4) is 0 Å². The predicted octanol–water partition coefficient (Wildman–Crippen LogP) is 4.03. The van der Waals surface area contributed by atoms with Crippen molar-refractivity contribution in [1.82, 2.24) is 19.9 Å². The van der Waals surface area contributed by atoms with Crippen LogP contribution in [0, 0.1) is 5.92 Å². The third kappa shape index (κ3) is 4.32. The molecule has 4 heterocycles. The van der Waals surface area contributed by atoms with E-state index in [1.807, 2.05) is 35.0 Å². The van der Waals surface area contributed by atoms with Gasteiger partial charge in [-0.25, -0.2) is 9.50 Å². The fourth-order valence-electron chi connectivity index (χ4n) is 4.17. The van der Waals surface area contributed by atoms with Crippen molar-refractivity contribution in [3.05, 3.63) is 71.9 Å². The zero-order valence-corrected chi connectivity index (χ0v) is 18.1. The van der Waals surface area contributed by atoms with E-state index in [1.54, 1.807) is 17.5 Å². The number of anilines is 1. The lowest BCUT2D eigenvalue weighted by Gasteiger charge is -2.32. The minimum Gasteiger partial charge on any atom is -0.356 e. The first kappa shape index (κ1) is 19.8. The minimum absolute atomic E-state index is 0.0679. The van der Waals surface area contributed by atoms with Crippen molar-refractivity contribution < 1.29 is 4.79 Å². The van der Waals surface area contributed by atoms with E-state index in [0.29, 0.717) is 6.54 Å². The monoisotopic (exact) mass is 431 g/mol. The molecular formula is C24H25N5OS. The van der Waals surface area contributed by atoms with Crippen molar-refractivity contribution in [2.75, 3.05) is 24.5 Å². The van der Waals surface area contributed by atoms with E-state index in [1.165, 1.54) is 5.56 Å². The van der Waals surface area contributed by atoms with Gasteiger partial charge in [-0.05, 0) is 42.3 Å². The van der Waals surface area contributed by atoms with Gasteiger partial charge in [0.25, 0.3) is 0 Å². The number of aromatic nitrogens is 3. The number of thiophene rings is 1. The molecular weight excluding hydrogens is 406 g/mol. The van der Waals surface area contributed by atoms with Gasteiger partial charge in [0, 0.05) is 37.9 Å². The summed E-state index contributed by atoms with van der Waals surface area (Å²) in [5.41, 5.74) is 3.23. The lowest BCUT2D eigenvalue weighted by atomic mass is 9.95. The second kappa shape index (κ2) is 8.89. The molecule has 1 saturated heterocycles. The fraction of sp³-hybridized carbons (Fsp3) is 0.292. The number of fused-ring (bicyclic) bond motifs is 1. The Hall–Kier alpha value is -3.19. The number of nitrogens with one attached hydrogen (secondary N) is 1. The van der Waals surface area contributed by atoms with Crippen LogP contribution in [-0.2, 0) is 11.2 Å². The third-order valence-electron chi connectivity index (χ3n) is 5.86. The van der Waals surface area contributed by atoms with Crippen LogP contribution in [-0.4, -0.2) is 40.1 Å². The molecule has 3 aromatic heterocycles. The molecule has 1 N–H and O–H groups in total. The zero-order chi connectivity index (χ0) is 21.0. The van der Waals surface area contributed by atoms with Crippen molar-refractivity contribution in [3.63, 3.8) is 0 Å². The van der Waals surface area contributed by atoms with E-state index in [4.69, 9.17) is 5.10 Å². The second-order valence-corrected chi connectivity index (χ2v) is 8.82. The molecule has 0 atom stereocenters. The van der Waals surface area contributed by atoms with Crippen LogP contribution >= 0.6 is 11.3 Å². The van der Waals surface area contributed by atoms with Gasteiger partial charge in [-0.1, -0.05) is 36.4 Å². The molecule has 4 aromatic rings. The van der Waals surface area contributed by atoms with E-state index < -0.39 is 0 Å². The van der Waals surface area contributed by atoms with Crippen molar-refractivity contribution in [2.45, 2.75) is 19.3 Å². The van der Waals surface area contributed by atoms with E-state index in [9.17, 15) is 4.79 Å². The highest BCUT2D eigenvalue weighted by atomic mass is 32.1. The Labute approximate surface area is 185 Å². The van der Waals surface area contributed by atoms with Gasteiger partial charge in [0.05, 0.1) is 4.88 Å². The van der Waals surface area contributed by atoms with Gasteiger partial charge in [0.1, 0.15) is 11.2 Å². The molecule has 1 fully saturated rings. The number of hydrogen-bond acceptors (Lipinski definition) is 5. The summed E-state index contributed by atoms with van der Waals surface area (Å²) in [4.78, 5) is 20.7. The zero-order valence-electron chi connectivity index (χ0n) is 17.3. The van der Waals surface area contributed by atoms with Crippen molar-refractivity contribution in [2.24, 2.45) is 5.92 Å². The summed E-state index contributed by atoms with van der Waals surface area (Å²) >= 11 is 1.69. The molecule has 0 saturated carbocycles. The summed E-state index contributed by atoms with van der Waals surface area (Å²) in [5.74, 6) is 1.19. The predicted molar refractivity (Wildman–Crippen MR) is 124 cm³/mol. The molecule has 1 amide bonds. The molecule has 1 aliphatic heterocycles. The van der Waals surface area contributed by atoms with Crippen molar-refractivity contribution in [3.8, 4) is 10.6 Å². The minimum atomic E-state index is 0.0679. The number of piperidine rings is 1. The Morgan fingerprint density at radius 1 is 1.13 bits per heavy atom. The smallest absolute Gasteiger partial charge is 0.223 e. The number of nitrogens with zero attached hydrogens (tertiary/aromatic N) is 4. The summed E-state index contributed by atoms with van der Waals surface area (Å²) in [5, 5.41) is 9.89. The van der Waals surface area contributed by atoms with Gasteiger partial charge in [-0.3, -0.25) is 4.79 Å². The van der Waals surface area contributed by atoms with Crippen LogP contribution in [0.2, 0.25) is 0 Å². The van der Waals surface area contributed by atoms with Gasteiger partial charge in [0.15, 0.2) is 5.82 Å². The quantitative estimate of drug-likeness (QED) is 0.501. The molecule has 1 aliphatic rings. The second-order valence-electron chi connectivity index (χ2n) is 7.88. The molecule has 158 valence electrons. The van der Waals surface area contributed by atoms with Gasteiger partial charge in [-0.2, -0.15) is 5.10 Å². The van der Waals surface area contributed by atoms with Crippen molar-refractivity contribution >= 4 is 28.6 Å². The number of carbonyl (C=O) groups excluding carboxylic acids is 1. The lowest BCUT2D eigenvalue weighted by Crippen LogP contribution is -2.41. The Balaban J connectivity index is 1.20. The fourth-order valence-corrected chi connectivity index (χ4v) is 4.85. The molecule has 0 radical (unpaired) electrons. The maximum atomic E-state index is 12.6. The first-order valence-electron chi connectivity index (χ1n) is 10.7. The van der Waals surface area contributed by atoms with Gasteiger partial charge < -0.3 is 10.2 Å². The highest BCUT2D eigenvalue weighted by Crippen LogP contribution is 2.29. The lowest BCUT2D eigenvalue weighted by molar-refractivity contribution is -0.125. The van der Waals surface area contributed by atoms with Gasteiger partial charge >= 0.3 is 0 Å². The standard InChI is InChI=1S/C24H25N5OS/c30-24(26-11-8-18-5-2-1-3-6-18)19-9-13-28(14-10-19)23-21-17-20(22-7-4-16-31-22)27-29(21)15-12-25-23/h1-7,12,15-17,19H,8-11,13-14H2,(H,26,30). The number of amides is 1. The highest BCUT2D eigenvalue weighted by molar-refractivity contribution is 7.13. The normalized spacial score (nSPS) is 14.8. The summed E-state index contributed by atoms with van der Waals surface area (Å²) in [6, 6.07) is 16.5. The first-order valence-corrected chi connectivity index (χ1v) is 11.6. The molecule has 0 bridgehead atoms. The number of rotatable bonds is 6. The Kier molecular flexibility index (Phi) is 5.67. The molecule has 5 rings (SSSR count). The third-order valence-corrected chi connectivity index (χ3v) is 6.76. The molecule has 0 spiro atoms. The van der Waals surface area contributed by atoms with Crippen LogP contribution in [0.25, 0.3) is 16.1 Å². The molecule has 1 aromatic carbocycles. The summed E-state index contributed by atoms with van der Waals surface area (Å²) in [6.45, 7) is 2.33. The number of benzene rings is 1. The Morgan fingerprint density at radius 3 is 2.74 bits per heavy atom. The van der Waals surface area contributed by atoms with Crippen LogP contribution in [0.5, 0.6) is 0 Å². The maximum Gasteiger partial charge on any atom is 0.223 e. The Morgan fingerprint density at radius 2 is 1.97 bits per heavy atom. The van der Waals surface area contributed by atoms with E-state index >= 15 is 0 Å². The topological polar surface area (TPSA) is 62.5 Å². The number of carbonyl (C=O) groups is 1. The SMILES string of the molecule is O=C(NCCc1ccccc1)C1CCN(c2nccn3nc(-c4cccs4)cc23)CC1. The van der Waals surface area contributed by atoms with Crippen LogP contribution < -0.4 is 10.2 Å². The van der Waals surface area contributed by atoms with Crippen molar-refractivity contribution in [1.29, 1.82) is 0 Å². The van der Waals surface area contributed by atoms with E-state index in [-0.39, 0.29) is 11.8 Å². The number of hydrogen-bond donors (Lipinski definition) is 1. The van der Waals surface area contributed by atoms with Gasteiger partial charge in [0.2, 0.25) is 5.91 Å². The van der Waals surface area contributed by atoms with Gasteiger partial charge in [-0.15, -0.1) is 11.3 Å². The van der Waals surface area contributed by atoms with E-state index in [2.05, 4.69) is 44.8 Å². The summed E-state index contributed by atoms with van der Waals surface area (Å²) in [6.07, 6.45) is 6.24.